The normalized spacial score (nSPS) is 19.9. The summed E-state index contributed by atoms with van der Waals surface area (Å²) in [5.74, 6) is 0.921. The predicted molar refractivity (Wildman–Crippen MR) is 285 cm³/mol. The number of nitrogens with one attached hydrogen (secondary N) is 4. The Labute approximate surface area is 439 Å². The van der Waals surface area contributed by atoms with Crippen molar-refractivity contribution in [3.8, 4) is 11.5 Å². The second-order valence-electron chi connectivity index (χ2n) is 21.6. The van der Waals surface area contributed by atoms with E-state index >= 15 is 0 Å². The van der Waals surface area contributed by atoms with Crippen molar-refractivity contribution in [3.63, 3.8) is 0 Å². The Morgan fingerprint density at radius 2 is 1.03 bits per heavy atom. The summed E-state index contributed by atoms with van der Waals surface area (Å²) in [7, 11) is 0. The number of anilines is 4. The van der Waals surface area contributed by atoms with Crippen molar-refractivity contribution in [2.24, 2.45) is 0 Å². The lowest BCUT2D eigenvalue weighted by atomic mass is 9.84. The molecule has 10 heterocycles. The molecule has 76 heavy (non-hydrogen) atoms. The fraction of sp³-hybridized carbons (Fsp3) is 0.407. The molecule has 396 valence electrons. The van der Waals surface area contributed by atoms with Crippen molar-refractivity contribution < 1.29 is 29.3 Å². The zero-order valence-corrected chi connectivity index (χ0v) is 43.6. The maximum absolute atomic E-state index is 13.4. The van der Waals surface area contributed by atoms with Gasteiger partial charge in [-0.05, 0) is 65.8 Å². The molecular weight excluding hydrogens is 969 g/mol. The van der Waals surface area contributed by atoms with E-state index in [4.69, 9.17) is 9.47 Å². The third-order valence-corrected chi connectivity index (χ3v) is 15.5. The zero-order valence-electron chi connectivity index (χ0n) is 43.6. The van der Waals surface area contributed by atoms with Crippen LogP contribution in [0.15, 0.2) is 98.6 Å². The van der Waals surface area contributed by atoms with E-state index in [2.05, 4.69) is 70.3 Å². The molecule has 0 saturated carbocycles. The number of hydrogen-bond donors (Lipinski definition) is 6. The van der Waals surface area contributed by atoms with Gasteiger partial charge in [0.25, 0.3) is 11.8 Å². The number of aromatic nitrogens is 10. The Balaban J connectivity index is 0.000000162. The molecule has 4 aliphatic heterocycles. The highest BCUT2D eigenvalue weighted by Gasteiger charge is 2.48. The first-order chi connectivity index (χ1) is 36.4. The summed E-state index contributed by atoms with van der Waals surface area (Å²) < 4.78 is 15.8. The van der Waals surface area contributed by atoms with Gasteiger partial charge in [-0.3, -0.25) is 19.4 Å². The van der Waals surface area contributed by atoms with Crippen LogP contribution in [0, 0.1) is 0 Å². The molecule has 0 unspecified atom stereocenters. The quantitative estimate of drug-likeness (QED) is 0.0944. The van der Waals surface area contributed by atoms with Crippen molar-refractivity contribution in [1.29, 1.82) is 0 Å². The highest BCUT2D eigenvalue weighted by molar-refractivity contribution is 6.10. The summed E-state index contributed by atoms with van der Waals surface area (Å²) in [5.41, 5.74) is 5.43. The molecule has 2 fully saturated rings. The van der Waals surface area contributed by atoms with Crippen molar-refractivity contribution >= 4 is 45.9 Å². The van der Waals surface area contributed by atoms with Gasteiger partial charge < -0.3 is 50.1 Å². The van der Waals surface area contributed by atoms with Gasteiger partial charge in [0.2, 0.25) is 0 Å². The number of ether oxygens (including phenoxy) is 2. The van der Waals surface area contributed by atoms with Crippen LogP contribution in [-0.2, 0) is 25.9 Å². The number of amides is 2. The van der Waals surface area contributed by atoms with Crippen LogP contribution < -0.4 is 29.9 Å². The zero-order chi connectivity index (χ0) is 53.0. The second-order valence-corrected chi connectivity index (χ2v) is 21.6. The highest BCUT2D eigenvalue weighted by atomic mass is 16.5. The van der Waals surface area contributed by atoms with E-state index < -0.39 is 22.4 Å². The van der Waals surface area contributed by atoms with Crippen LogP contribution in [0.4, 0.5) is 22.7 Å². The van der Waals surface area contributed by atoms with Crippen LogP contribution in [0.5, 0.6) is 11.5 Å². The van der Waals surface area contributed by atoms with E-state index in [1.165, 1.54) is 12.4 Å². The molecule has 0 radical (unpaired) electrons. The van der Waals surface area contributed by atoms with Crippen LogP contribution >= 0.6 is 0 Å². The smallest absolute Gasteiger partial charge is 0.261 e. The lowest BCUT2D eigenvalue weighted by Crippen LogP contribution is -2.51. The summed E-state index contributed by atoms with van der Waals surface area (Å²) >= 11 is 0. The van der Waals surface area contributed by atoms with E-state index in [-0.39, 0.29) is 11.8 Å². The third kappa shape index (κ3) is 9.91. The minimum absolute atomic E-state index is 0.276. The number of nitrogens with zero attached hydrogens (tertiary/aromatic N) is 12. The molecule has 8 aromatic rings. The first-order valence-electron chi connectivity index (χ1n) is 25.7. The Kier molecular flexibility index (Phi) is 13.0. The fourth-order valence-corrected chi connectivity index (χ4v) is 10.3. The van der Waals surface area contributed by atoms with Crippen LogP contribution in [0.2, 0.25) is 0 Å². The van der Waals surface area contributed by atoms with Gasteiger partial charge in [-0.25, -0.2) is 29.0 Å². The highest BCUT2D eigenvalue weighted by Crippen LogP contribution is 2.47. The topological polar surface area (TPSA) is 248 Å². The number of carbonyl (C=O) groups is 2. The summed E-state index contributed by atoms with van der Waals surface area (Å²) in [6, 6.07) is 11.5. The molecule has 2 saturated heterocycles. The van der Waals surface area contributed by atoms with Gasteiger partial charge >= 0.3 is 0 Å². The van der Waals surface area contributed by atoms with E-state index in [1.54, 1.807) is 86.3 Å². The molecule has 6 aromatic heterocycles. The van der Waals surface area contributed by atoms with Crippen molar-refractivity contribution in [3.05, 3.63) is 132 Å². The Hall–Kier alpha value is -7.92. The SMILES string of the molecule is CC(C)(O)[C@@]1(C)Cc2cc(NC(=O)c3cnn4cccnc34)c(N3CCN(Cc4cnc[nH]4)CC3)cc2O1.CC(C)(O)[C@]1(C)Cc2cc(NC(=O)c3cnn4cccnc34)c(N3CCN(Cc4cnc[nH]4)CC3)cc2O1. The van der Waals surface area contributed by atoms with Gasteiger partial charge in [0.1, 0.15) is 33.8 Å². The average molecular weight is 1030 g/mol. The van der Waals surface area contributed by atoms with Crippen LogP contribution in [-0.4, -0.2) is 156 Å². The van der Waals surface area contributed by atoms with Crippen LogP contribution in [0.25, 0.3) is 11.3 Å². The maximum atomic E-state index is 13.4. The largest absolute Gasteiger partial charge is 0.484 e. The van der Waals surface area contributed by atoms with Crippen molar-refractivity contribution in [1.82, 2.24) is 58.9 Å². The molecule has 0 spiro atoms. The number of aromatic amines is 2. The van der Waals surface area contributed by atoms with Gasteiger partial charge in [0.15, 0.2) is 11.3 Å². The first kappa shape index (κ1) is 50.2. The first-order valence-corrected chi connectivity index (χ1v) is 25.7. The maximum Gasteiger partial charge on any atom is 0.261 e. The predicted octanol–water partition coefficient (Wildman–Crippen LogP) is 4.98. The number of imidazole rings is 2. The molecule has 12 rings (SSSR count). The lowest BCUT2D eigenvalue weighted by molar-refractivity contribution is -0.0900. The molecular formula is C54H64N16O6. The molecule has 0 bridgehead atoms. The van der Waals surface area contributed by atoms with E-state index in [0.717, 1.165) is 111 Å². The molecule has 6 N–H and O–H groups in total. The van der Waals surface area contributed by atoms with Crippen molar-refractivity contribution in [2.45, 2.75) is 89.9 Å². The molecule has 4 aliphatic rings. The van der Waals surface area contributed by atoms with Crippen LogP contribution in [0.1, 0.15) is 84.8 Å². The second kappa shape index (κ2) is 19.7. The minimum atomic E-state index is -1.04. The number of fused-ring (bicyclic) bond motifs is 4. The summed E-state index contributed by atoms with van der Waals surface area (Å²) in [6.07, 6.45) is 18.1. The van der Waals surface area contributed by atoms with E-state index in [9.17, 15) is 19.8 Å². The van der Waals surface area contributed by atoms with Gasteiger partial charge in [-0.2, -0.15) is 10.2 Å². The Bertz CT molecular complexity index is 3160. The number of rotatable bonds is 12. The molecule has 2 atom stereocenters. The molecule has 2 amide bonds. The number of H-pyrrole nitrogens is 2. The average Bonchev–Trinajstić information content (AvgIpc) is 4.27. The Morgan fingerprint density at radius 1 is 0.618 bits per heavy atom. The fourth-order valence-electron chi connectivity index (χ4n) is 10.3. The summed E-state index contributed by atoms with van der Waals surface area (Å²) in [5, 5.41) is 36.4. The van der Waals surface area contributed by atoms with Crippen LogP contribution in [0.3, 0.4) is 0 Å². The van der Waals surface area contributed by atoms with Gasteiger partial charge in [0.05, 0.1) is 59.0 Å². The van der Waals surface area contributed by atoms with Gasteiger partial charge in [0, 0.05) is 150 Å². The van der Waals surface area contributed by atoms with E-state index in [1.807, 2.05) is 50.5 Å². The van der Waals surface area contributed by atoms with Gasteiger partial charge in [-0.15, -0.1) is 0 Å². The minimum Gasteiger partial charge on any atom is -0.484 e. The Morgan fingerprint density at radius 3 is 1.39 bits per heavy atom. The molecule has 22 heteroatoms. The summed E-state index contributed by atoms with van der Waals surface area (Å²) in [4.78, 5) is 59.4. The summed E-state index contributed by atoms with van der Waals surface area (Å²) in [6.45, 7) is 19.1. The standard InChI is InChI=1S/2C27H32N8O3/c2*1-26(2,37)27(3)13-18-11-21(32-25(36)20-15-31-35-6-4-5-29-24(20)35)22(12-23(18)38-27)34-9-7-33(8-10-34)16-19-14-28-17-30-19/h2*4-6,11-12,14-15,17,37H,7-10,13,16H2,1-3H3,(H,28,30)(H,32,36)/t2*27-/m10/s1. The molecule has 22 nitrogen and oxygen atoms in total. The third-order valence-electron chi connectivity index (χ3n) is 15.5. The number of carbonyl (C=O) groups excluding carboxylic acids is 2. The molecule has 0 aliphatic carbocycles. The van der Waals surface area contributed by atoms with Crippen molar-refractivity contribution in [2.75, 3.05) is 72.8 Å². The number of hydrogen-bond acceptors (Lipinski definition) is 16. The van der Waals surface area contributed by atoms with Gasteiger partial charge in [-0.1, -0.05) is 0 Å². The molecule has 2 aromatic carbocycles. The van der Waals surface area contributed by atoms with E-state index in [0.29, 0.717) is 46.6 Å². The lowest BCUT2D eigenvalue weighted by Gasteiger charge is -2.37. The number of piperazine rings is 2. The number of benzene rings is 2. The number of aliphatic hydroxyl groups is 2. The monoisotopic (exact) mass is 1030 g/mol.